The zero-order valence-corrected chi connectivity index (χ0v) is 19.2. The first-order valence-corrected chi connectivity index (χ1v) is 10.8. The summed E-state index contributed by atoms with van der Waals surface area (Å²) < 4.78 is 6.58. The maximum absolute atomic E-state index is 12.9. The number of esters is 1. The standard InChI is InChI=1S/C26H26N4O3/c1-16-8-9-19-6-5-7-23(25(19)27-16)28-26(32)20-10-12-21(13-11-20)30-18(3)22(17(2)29-30)14-15-24(31)33-4/h5-13H,14-15H2,1-4H3,(H,28,32). The van der Waals surface area contributed by atoms with Gasteiger partial charge in [0.25, 0.3) is 5.91 Å². The molecule has 7 heteroatoms. The second-order valence-electron chi connectivity index (χ2n) is 7.97. The van der Waals surface area contributed by atoms with Gasteiger partial charge >= 0.3 is 5.97 Å². The summed E-state index contributed by atoms with van der Waals surface area (Å²) in [7, 11) is 1.39. The summed E-state index contributed by atoms with van der Waals surface area (Å²) in [6, 6.07) is 17.0. The van der Waals surface area contributed by atoms with Crippen molar-refractivity contribution in [2.75, 3.05) is 12.4 Å². The molecule has 2 heterocycles. The molecule has 0 fully saturated rings. The molecule has 7 nitrogen and oxygen atoms in total. The van der Waals surface area contributed by atoms with Gasteiger partial charge in [0.05, 0.1) is 29.7 Å². The Kier molecular flexibility index (Phi) is 6.22. The molecule has 2 aromatic carbocycles. The van der Waals surface area contributed by atoms with Crippen LogP contribution in [0.4, 0.5) is 5.69 Å². The van der Waals surface area contributed by atoms with Crippen LogP contribution >= 0.6 is 0 Å². The second kappa shape index (κ2) is 9.24. The molecule has 1 amide bonds. The van der Waals surface area contributed by atoms with Gasteiger partial charge in [-0.25, -0.2) is 4.68 Å². The second-order valence-corrected chi connectivity index (χ2v) is 7.97. The molecule has 0 aliphatic heterocycles. The van der Waals surface area contributed by atoms with Crippen LogP contribution in [0.15, 0.2) is 54.6 Å². The number of aromatic nitrogens is 3. The Hall–Kier alpha value is -4.00. The third-order valence-electron chi connectivity index (χ3n) is 5.73. The average molecular weight is 443 g/mol. The summed E-state index contributed by atoms with van der Waals surface area (Å²) in [5.41, 5.74) is 6.59. The molecule has 0 saturated heterocycles. The third-order valence-corrected chi connectivity index (χ3v) is 5.73. The van der Waals surface area contributed by atoms with Gasteiger partial charge < -0.3 is 10.1 Å². The molecule has 0 unspecified atom stereocenters. The molecular formula is C26H26N4O3. The minimum Gasteiger partial charge on any atom is -0.469 e. The highest BCUT2D eigenvalue weighted by atomic mass is 16.5. The van der Waals surface area contributed by atoms with Crippen LogP contribution in [0.1, 0.15) is 39.4 Å². The van der Waals surface area contributed by atoms with Crippen molar-refractivity contribution in [1.82, 2.24) is 14.8 Å². The molecule has 1 N–H and O–H groups in total. The van der Waals surface area contributed by atoms with E-state index >= 15 is 0 Å². The molecular weight excluding hydrogens is 416 g/mol. The molecule has 0 aliphatic carbocycles. The molecule has 33 heavy (non-hydrogen) atoms. The van der Waals surface area contributed by atoms with Gasteiger partial charge in [-0.15, -0.1) is 0 Å². The number of rotatable bonds is 6. The summed E-state index contributed by atoms with van der Waals surface area (Å²) in [6.07, 6.45) is 0.884. The fraction of sp³-hybridized carbons (Fsp3) is 0.231. The van der Waals surface area contributed by atoms with Crippen molar-refractivity contribution in [1.29, 1.82) is 0 Å². The average Bonchev–Trinajstić information content (AvgIpc) is 3.11. The highest BCUT2D eigenvalue weighted by molar-refractivity contribution is 6.08. The lowest BCUT2D eigenvalue weighted by molar-refractivity contribution is -0.140. The van der Waals surface area contributed by atoms with E-state index in [-0.39, 0.29) is 11.9 Å². The van der Waals surface area contributed by atoms with Gasteiger partial charge in [-0.05, 0) is 69.2 Å². The Balaban J connectivity index is 1.54. The van der Waals surface area contributed by atoms with Crippen LogP contribution in [0.2, 0.25) is 0 Å². The number of carbonyl (C=O) groups excluding carboxylic acids is 2. The Bertz CT molecular complexity index is 1340. The lowest BCUT2D eigenvalue weighted by atomic mass is 10.1. The van der Waals surface area contributed by atoms with Crippen LogP contribution in [0, 0.1) is 20.8 Å². The highest BCUT2D eigenvalue weighted by Gasteiger charge is 2.15. The van der Waals surface area contributed by atoms with Gasteiger partial charge in [-0.1, -0.05) is 18.2 Å². The number of aryl methyl sites for hydroxylation is 2. The van der Waals surface area contributed by atoms with Crippen LogP contribution in [0.25, 0.3) is 16.6 Å². The van der Waals surface area contributed by atoms with Gasteiger partial charge in [0.1, 0.15) is 0 Å². The Morgan fingerprint density at radius 1 is 1.00 bits per heavy atom. The van der Waals surface area contributed by atoms with E-state index in [1.807, 2.05) is 67.9 Å². The number of anilines is 1. The largest absolute Gasteiger partial charge is 0.469 e. The molecule has 0 atom stereocenters. The first-order chi connectivity index (χ1) is 15.9. The summed E-state index contributed by atoms with van der Waals surface area (Å²) in [5, 5.41) is 8.58. The zero-order valence-electron chi connectivity index (χ0n) is 19.2. The van der Waals surface area contributed by atoms with Crippen LogP contribution < -0.4 is 5.32 Å². The molecule has 4 rings (SSSR count). The molecule has 4 aromatic rings. The Morgan fingerprint density at radius 3 is 2.48 bits per heavy atom. The lowest BCUT2D eigenvalue weighted by Crippen LogP contribution is -2.12. The normalized spacial score (nSPS) is 10.9. The number of ether oxygens (including phenoxy) is 1. The van der Waals surface area contributed by atoms with E-state index in [4.69, 9.17) is 4.74 Å². The van der Waals surface area contributed by atoms with E-state index in [0.717, 1.165) is 39.2 Å². The molecule has 168 valence electrons. The number of nitrogens with zero attached hydrogens (tertiary/aromatic N) is 3. The fourth-order valence-corrected chi connectivity index (χ4v) is 3.91. The quantitative estimate of drug-likeness (QED) is 0.437. The van der Waals surface area contributed by atoms with Crippen LogP contribution in [-0.4, -0.2) is 33.8 Å². The van der Waals surface area contributed by atoms with E-state index in [2.05, 4.69) is 15.4 Å². The molecule has 2 aromatic heterocycles. The number of methoxy groups -OCH3 is 1. The van der Waals surface area contributed by atoms with Gasteiger partial charge in [0, 0.05) is 28.8 Å². The zero-order chi connectivity index (χ0) is 23.5. The summed E-state index contributed by atoms with van der Waals surface area (Å²) >= 11 is 0. The van der Waals surface area contributed by atoms with Crippen molar-refractivity contribution in [3.63, 3.8) is 0 Å². The van der Waals surface area contributed by atoms with Crippen molar-refractivity contribution in [3.05, 3.63) is 82.8 Å². The highest BCUT2D eigenvalue weighted by Crippen LogP contribution is 2.23. The van der Waals surface area contributed by atoms with E-state index in [1.54, 1.807) is 12.1 Å². The number of fused-ring (bicyclic) bond motifs is 1. The minimum atomic E-state index is -0.242. The first-order valence-electron chi connectivity index (χ1n) is 10.8. The smallest absolute Gasteiger partial charge is 0.305 e. The predicted molar refractivity (Wildman–Crippen MR) is 128 cm³/mol. The van der Waals surface area contributed by atoms with Crippen molar-refractivity contribution >= 4 is 28.5 Å². The number of nitrogens with one attached hydrogen (secondary N) is 1. The first kappa shape index (κ1) is 22.2. The molecule has 0 aliphatic rings. The maximum atomic E-state index is 12.9. The van der Waals surface area contributed by atoms with Gasteiger partial charge in [0.15, 0.2) is 0 Å². The molecule has 0 radical (unpaired) electrons. The Morgan fingerprint density at radius 2 is 1.76 bits per heavy atom. The SMILES string of the molecule is COC(=O)CCc1c(C)nn(-c2ccc(C(=O)Nc3cccc4ccc(C)nc34)cc2)c1C. The number of amides is 1. The molecule has 0 bridgehead atoms. The van der Waals surface area contributed by atoms with Crippen LogP contribution in [0.5, 0.6) is 0 Å². The van der Waals surface area contributed by atoms with E-state index < -0.39 is 0 Å². The summed E-state index contributed by atoms with van der Waals surface area (Å²) in [5.74, 6) is -0.446. The van der Waals surface area contributed by atoms with Crippen molar-refractivity contribution in [2.24, 2.45) is 0 Å². The predicted octanol–water partition coefficient (Wildman–Crippen LogP) is 4.70. The fourth-order valence-electron chi connectivity index (χ4n) is 3.91. The van der Waals surface area contributed by atoms with Crippen molar-refractivity contribution in [3.8, 4) is 5.69 Å². The maximum Gasteiger partial charge on any atom is 0.305 e. The van der Waals surface area contributed by atoms with Crippen LogP contribution in [-0.2, 0) is 16.0 Å². The van der Waals surface area contributed by atoms with Crippen molar-refractivity contribution in [2.45, 2.75) is 33.6 Å². The number of carbonyl (C=O) groups is 2. The van der Waals surface area contributed by atoms with E-state index in [0.29, 0.717) is 24.1 Å². The number of pyridine rings is 1. The van der Waals surface area contributed by atoms with Gasteiger partial charge in [0.2, 0.25) is 0 Å². The number of benzene rings is 2. The number of para-hydroxylation sites is 1. The van der Waals surface area contributed by atoms with Gasteiger partial charge in [-0.2, -0.15) is 5.10 Å². The molecule has 0 spiro atoms. The van der Waals surface area contributed by atoms with Crippen LogP contribution in [0.3, 0.4) is 0 Å². The van der Waals surface area contributed by atoms with E-state index in [1.165, 1.54) is 7.11 Å². The third kappa shape index (κ3) is 4.62. The molecule has 0 saturated carbocycles. The minimum absolute atomic E-state index is 0.204. The Labute approximate surface area is 192 Å². The topological polar surface area (TPSA) is 86.1 Å². The number of hydrogen-bond acceptors (Lipinski definition) is 5. The van der Waals surface area contributed by atoms with Gasteiger partial charge in [-0.3, -0.25) is 14.6 Å². The van der Waals surface area contributed by atoms with E-state index in [9.17, 15) is 9.59 Å². The van der Waals surface area contributed by atoms with Crippen molar-refractivity contribution < 1.29 is 14.3 Å². The lowest BCUT2D eigenvalue weighted by Gasteiger charge is -2.10. The summed E-state index contributed by atoms with van der Waals surface area (Å²) in [6.45, 7) is 5.83. The summed E-state index contributed by atoms with van der Waals surface area (Å²) in [4.78, 5) is 29.0. The number of hydrogen-bond donors (Lipinski definition) is 1. The monoisotopic (exact) mass is 442 g/mol.